The van der Waals surface area contributed by atoms with Crippen molar-refractivity contribution in [3.8, 4) is 22.5 Å². The smallest absolute Gasteiger partial charge is 0.252 e. The molecule has 0 radical (unpaired) electrons. The topological polar surface area (TPSA) is 9.86 Å². The Morgan fingerprint density at radius 2 is 1.19 bits per heavy atom. The van der Waals surface area contributed by atoms with Gasteiger partial charge >= 0.3 is 0 Å². The Morgan fingerprint density at radius 3 is 2.00 bits per heavy atom. The van der Waals surface area contributed by atoms with Crippen LogP contribution < -0.4 is 16.4 Å². The van der Waals surface area contributed by atoms with E-state index in [1.807, 2.05) is 0 Å². The second kappa shape index (κ2) is 7.67. The molecule has 1 spiro atoms. The van der Waals surface area contributed by atoms with Gasteiger partial charge in [0.05, 0.1) is 10.9 Å². The van der Waals surface area contributed by atoms with Gasteiger partial charge in [0, 0.05) is 44.3 Å². The molecule has 0 amide bonds. The summed E-state index contributed by atoms with van der Waals surface area (Å²) in [6.07, 6.45) is 0. The lowest BCUT2D eigenvalue weighted by Crippen LogP contribution is -2.60. The van der Waals surface area contributed by atoms with Crippen molar-refractivity contribution in [3.63, 3.8) is 0 Å². The molecule has 2 nitrogen and oxygen atoms in total. The molecule has 220 valence electrons. The standard InChI is InChI=1S/C45H27BN2/c1-24-25(2)47-38-22-21-35-43-40(38)46(37-23-26-11-3-4-12-27(26)39(24)44(37)47)36-20-10-16-31-30-15-9-19-34(41(30)48(43)42(31)36)45(35)32-17-7-5-13-28(32)29-14-6-8-18-33(29)45/h3-23H,1-2H3. The van der Waals surface area contributed by atoms with Crippen LogP contribution in [0.4, 0.5) is 0 Å². The third-order valence-corrected chi connectivity index (χ3v) is 12.7. The molecule has 0 saturated heterocycles. The van der Waals surface area contributed by atoms with Crippen LogP contribution in [0, 0.1) is 13.8 Å². The molecular formula is C45H27BN2. The summed E-state index contributed by atoms with van der Waals surface area (Å²) in [6.45, 7) is 4.78. The molecule has 48 heavy (non-hydrogen) atoms. The monoisotopic (exact) mass is 606 g/mol. The van der Waals surface area contributed by atoms with E-state index in [0.717, 1.165) is 0 Å². The van der Waals surface area contributed by atoms with Crippen molar-refractivity contribution in [2.75, 3.05) is 0 Å². The highest BCUT2D eigenvalue weighted by molar-refractivity contribution is 7.00. The molecule has 0 atom stereocenters. The number of fused-ring (bicyclic) bond motifs is 13. The lowest BCUT2D eigenvalue weighted by Gasteiger charge is -2.44. The van der Waals surface area contributed by atoms with Crippen molar-refractivity contribution >= 4 is 66.6 Å². The van der Waals surface area contributed by atoms with E-state index in [1.165, 1.54) is 116 Å². The quantitative estimate of drug-likeness (QED) is 0.154. The maximum atomic E-state index is 2.68. The minimum atomic E-state index is -0.413. The largest absolute Gasteiger partial charge is 0.315 e. The Labute approximate surface area is 277 Å². The first-order chi connectivity index (χ1) is 23.7. The van der Waals surface area contributed by atoms with Gasteiger partial charge in [-0.25, -0.2) is 0 Å². The minimum absolute atomic E-state index is 0.134. The molecule has 1 aliphatic carbocycles. The van der Waals surface area contributed by atoms with E-state index in [0.29, 0.717) is 0 Å². The van der Waals surface area contributed by atoms with Crippen molar-refractivity contribution in [2.45, 2.75) is 19.3 Å². The van der Waals surface area contributed by atoms with Gasteiger partial charge in [-0.3, -0.25) is 0 Å². The highest BCUT2D eigenvalue weighted by Crippen LogP contribution is 2.61. The van der Waals surface area contributed by atoms with E-state index in [1.54, 1.807) is 0 Å². The van der Waals surface area contributed by atoms with E-state index in [-0.39, 0.29) is 6.71 Å². The Kier molecular flexibility index (Phi) is 3.90. The van der Waals surface area contributed by atoms with Gasteiger partial charge in [0.2, 0.25) is 0 Å². The summed E-state index contributed by atoms with van der Waals surface area (Å²) < 4.78 is 5.29. The molecule has 0 N–H and O–H groups in total. The molecule has 3 heteroatoms. The van der Waals surface area contributed by atoms with Gasteiger partial charge in [0.1, 0.15) is 0 Å². The number of hydrogen-bond acceptors (Lipinski definition) is 0. The zero-order chi connectivity index (χ0) is 31.2. The van der Waals surface area contributed by atoms with Crippen LogP contribution in [0.25, 0.3) is 66.0 Å². The second-order valence-corrected chi connectivity index (χ2v) is 14.4. The molecule has 13 rings (SSSR count). The van der Waals surface area contributed by atoms with Crippen LogP contribution in [0.2, 0.25) is 0 Å². The summed E-state index contributed by atoms with van der Waals surface area (Å²) >= 11 is 0. The zero-order valence-electron chi connectivity index (χ0n) is 26.6. The van der Waals surface area contributed by atoms with Crippen LogP contribution in [0.1, 0.15) is 33.5 Å². The summed E-state index contributed by atoms with van der Waals surface area (Å²) in [4.78, 5) is 0. The molecule has 0 bridgehead atoms. The van der Waals surface area contributed by atoms with Crippen molar-refractivity contribution in [3.05, 3.63) is 161 Å². The summed E-state index contributed by atoms with van der Waals surface area (Å²) in [5.41, 5.74) is 21.7. The number of aromatic nitrogens is 2. The fourth-order valence-electron chi connectivity index (χ4n) is 11.0. The summed E-state index contributed by atoms with van der Waals surface area (Å²) in [7, 11) is 0. The van der Waals surface area contributed by atoms with Gasteiger partial charge in [-0.1, -0.05) is 121 Å². The van der Waals surface area contributed by atoms with E-state index >= 15 is 0 Å². The Hall–Kier alpha value is -5.80. The fourth-order valence-corrected chi connectivity index (χ4v) is 11.0. The van der Waals surface area contributed by atoms with Gasteiger partial charge in [-0.2, -0.15) is 0 Å². The zero-order valence-corrected chi connectivity index (χ0v) is 26.6. The van der Waals surface area contributed by atoms with Crippen LogP contribution in [0.5, 0.6) is 0 Å². The second-order valence-electron chi connectivity index (χ2n) is 14.4. The van der Waals surface area contributed by atoms with Gasteiger partial charge in [-0.05, 0) is 86.0 Å². The lowest BCUT2D eigenvalue weighted by atomic mass is 9.33. The minimum Gasteiger partial charge on any atom is -0.315 e. The highest BCUT2D eigenvalue weighted by atomic mass is 15.1. The first kappa shape index (κ1) is 24.4. The van der Waals surface area contributed by atoms with Crippen molar-refractivity contribution in [1.29, 1.82) is 0 Å². The van der Waals surface area contributed by atoms with Gasteiger partial charge in [0.25, 0.3) is 6.71 Å². The van der Waals surface area contributed by atoms with Crippen LogP contribution in [0.3, 0.4) is 0 Å². The summed E-state index contributed by atoms with van der Waals surface area (Å²) in [6, 6.07) is 49.0. The predicted molar refractivity (Wildman–Crippen MR) is 200 cm³/mol. The fraction of sp³-hybridized carbons (Fsp3) is 0.0667. The summed E-state index contributed by atoms with van der Waals surface area (Å²) in [5, 5.41) is 6.78. The number of nitrogens with zero attached hydrogens (tertiary/aromatic N) is 2. The van der Waals surface area contributed by atoms with E-state index in [2.05, 4.69) is 150 Å². The van der Waals surface area contributed by atoms with Crippen LogP contribution >= 0.6 is 0 Å². The van der Waals surface area contributed by atoms with Crippen LogP contribution in [-0.4, -0.2) is 15.8 Å². The predicted octanol–water partition coefficient (Wildman–Crippen LogP) is 8.32. The number of rotatable bonds is 0. The van der Waals surface area contributed by atoms with Crippen molar-refractivity contribution in [1.82, 2.24) is 9.13 Å². The molecule has 4 aliphatic rings. The normalized spacial score (nSPS) is 15.0. The van der Waals surface area contributed by atoms with Crippen molar-refractivity contribution in [2.24, 2.45) is 0 Å². The number of benzene rings is 7. The molecule has 0 saturated carbocycles. The van der Waals surface area contributed by atoms with E-state index in [4.69, 9.17) is 0 Å². The summed E-state index contributed by atoms with van der Waals surface area (Å²) in [5.74, 6) is 0. The van der Waals surface area contributed by atoms with Gasteiger partial charge < -0.3 is 9.13 Å². The van der Waals surface area contributed by atoms with Crippen LogP contribution in [0.15, 0.2) is 127 Å². The van der Waals surface area contributed by atoms with E-state index in [9.17, 15) is 0 Å². The lowest BCUT2D eigenvalue weighted by molar-refractivity contribution is 0.749. The molecule has 3 aliphatic heterocycles. The molecule has 7 aromatic carbocycles. The van der Waals surface area contributed by atoms with Crippen LogP contribution in [-0.2, 0) is 5.41 Å². The number of para-hydroxylation sites is 2. The molecule has 2 aromatic heterocycles. The molecule has 5 heterocycles. The molecule has 0 unspecified atom stereocenters. The van der Waals surface area contributed by atoms with Gasteiger partial charge in [-0.15, -0.1) is 0 Å². The SMILES string of the molecule is Cc1c(C)n2c3c(cc4ccccc4c13)B1c3c-2ccc2c3-n3c4c1cccc4c1cccc(c13)C21c2ccccc2-c2ccccc21. The first-order valence-corrected chi connectivity index (χ1v) is 17.2. The first-order valence-electron chi connectivity index (χ1n) is 17.2. The van der Waals surface area contributed by atoms with Gasteiger partial charge in [0.15, 0.2) is 0 Å². The third kappa shape index (κ3) is 2.29. The Morgan fingerprint density at radius 1 is 0.521 bits per heavy atom. The third-order valence-electron chi connectivity index (χ3n) is 12.7. The number of aryl methyl sites for hydroxylation is 1. The maximum Gasteiger partial charge on any atom is 0.252 e. The Balaban J connectivity index is 1.33. The highest BCUT2D eigenvalue weighted by Gasteiger charge is 2.54. The average Bonchev–Trinajstić information content (AvgIpc) is 3.73. The average molecular weight is 607 g/mol. The van der Waals surface area contributed by atoms with E-state index < -0.39 is 5.41 Å². The van der Waals surface area contributed by atoms with Crippen molar-refractivity contribution < 1.29 is 0 Å². The molecule has 0 fully saturated rings. The maximum absolute atomic E-state index is 2.68. The number of hydrogen-bond donors (Lipinski definition) is 0. The molecule has 9 aromatic rings. The molecular weight excluding hydrogens is 579 g/mol. The Bertz CT molecular complexity index is 3000.